The zero-order valence-corrected chi connectivity index (χ0v) is 12.7. The van der Waals surface area contributed by atoms with E-state index in [9.17, 15) is 4.79 Å². The van der Waals surface area contributed by atoms with Gasteiger partial charge in [0.1, 0.15) is 0 Å². The van der Waals surface area contributed by atoms with Crippen molar-refractivity contribution in [2.75, 3.05) is 0 Å². The average Bonchev–Trinajstić information content (AvgIpc) is 2.36. The van der Waals surface area contributed by atoms with Crippen molar-refractivity contribution in [2.45, 2.75) is 33.6 Å². The number of carboxylic acids is 1. The van der Waals surface area contributed by atoms with Crippen molar-refractivity contribution in [1.82, 2.24) is 0 Å². The average molecular weight is 274 g/mol. The van der Waals surface area contributed by atoms with E-state index in [-0.39, 0.29) is 0 Å². The van der Waals surface area contributed by atoms with Crippen LogP contribution in [0.3, 0.4) is 0 Å². The Bertz CT molecular complexity index is 433. The molecule has 20 heavy (non-hydrogen) atoms. The third-order valence-corrected chi connectivity index (χ3v) is 5.00. The molecule has 0 bridgehead atoms. The highest BCUT2D eigenvalue weighted by molar-refractivity contribution is 5.80. The summed E-state index contributed by atoms with van der Waals surface area (Å²) in [6.45, 7) is 7.01. The first-order valence-corrected chi connectivity index (χ1v) is 7.75. The van der Waals surface area contributed by atoms with Crippen LogP contribution in [0.5, 0.6) is 0 Å². The summed E-state index contributed by atoms with van der Waals surface area (Å²) < 4.78 is 0. The first-order valence-electron chi connectivity index (χ1n) is 7.75. The molecule has 6 atom stereocenters. The molecule has 6 unspecified atom stereocenters. The summed E-state index contributed by atoms with van der Waals surface area (Å²) in [6, 6.07) is 0. The van der Waals surface area contributed by atoms with E-state index in [4.69, 9.17) is 5.11 Å². The number of allylic oxidation sites excluding steroid dienone is 5. The molecule has 110 valence electrons. The van der Waals surface area contributed by atoms with E-state index in [1.807, 2.05) is 6.08 Å². The van der Waals surface area contributed by atoms with Crippen LogP contribution in [0.4, 0.5) is 0 Å². The van der Waals surface area contributed by atoms with Gasteiger partial charge in [0, 0.05) is 6.08 Å². The van der Waals surface area contributed by atoms with Crippen molar-refractivity contribution in [2.24, 2.45) is 35.5 Å². The van der Waals surface area contributed by atoms with E-state index in [0.29, 0.717) is 23.7 Å². The van der Waals surface area contributed by atoms with Gasteiger partial charge in [-0.25, -0.2) is 4.79 Å². The van der Waals surface area contributed by atoms with E-state index in [2.05, 4.69) is 39.0 Å². The molecular formula is C18H26O2. The Hall–Kier alpha value is -1.31. The van der Waals surface area contributed by atoms with Crippen LogP contribution in [0.2, 0.25) is 0 Å². The van der Waals surface area contributed by atoms with Crippen molar-refractivity contribution in [1.29, 1.82) is 0 Å². The highest BCUT2D eigenvalue weighted by atomic mass is 16.4. The quantitative estimate of drug-likeness (QED) is 0.473. The van der Waals surface area contributed by atoms with E-state index in [0.717, 1.165) is 11.8 Å². The van der Waals surface area contributed by atoms with Gasteiger partial charge < -0.3 is 5.11 Å². The molecule has 0 radical (unpaired) electrons. The minimum absolute atomic E-state index is 0.533. The fraction of sp³-hybridized carbons (Fsp3) is 0.611. The molecule has 0 heterocycles. The van der Waals surface area contributed by atoms with Gasteiger partial charge in [-0.15, -0.1) is 0 Å². The predicted octanol–water partition coefficient (Wildman–Crippen LogP) is 4.30. The standard InChI is InChI=1S/C18H26O2/c1-12-10-14(3)18-15(11-12)9-8-13(2)16(18)6-4-5-7-17(19)20/h4-9,12-16,18H,10-11H2,1-3H3,(H,19,20)/b6-4+,7-5+. The van der Waals surface area contributed by atoms with Gasteiger partial charge in [0.2, 0.25) is 0 Å². The molecular weight excluding hydrogens is 248 g/mol. The Labute approximate surface area is 122 Å². The van der Waals surface area contributed by atoms with Crippen molar-refractivity contribution < 1.29 is 9.90 Å². The first-order chi connectivity index (χ1) is 9.49. The second-order valence-corrected chi connectivity index (χ2v) is 6.70. The summed E-state index contributed by atoms with van der Waals surface area (Å²) in [5.41, 5.74) is 0. The number of rotatable bonds is 3. The molecule has 0 saturated heterocycles. The topological polar surface area (TPSA) is 37.3 Å². The van der Waals surface area contributed by atoms with Gasteiger partial charge in [-0.05, 0) is 48.3 Å². The van der Waals surface area contributed by atoms with Gasteiger partial charge >= 0.3 is 5.97 Å². The van der Waals surface area contributed by atoms with Crippen LogP contribution in [-0.2, 0) is 4.79 Å². The molecule has 1 saturated carbocycles. The van der Waals surface area contributed by atoms with Crippen LogP contribution >= 0.6 is 0 Å². The van der Waals surface area contributed by atoms with Crippen molar-refractivity contribution >= 4 is 5.97 Å². The van der Waals surface area contributed by atoms with E-state index >= 15 is 0 Å². The van der Waals surface area contributed by atoms with Crippen LogP contribution in [0.25, 0.3) is 0 Å². The minimum atomic E-state index is -0.885. The van der Waals surface area contributed by atoms with Gasteiger partial charge in [-0.2, -0.15) is 0 Å². The monoisotopic (exact) mass is 274 g/mol. The van der Waals surface area contributed by atoms with E-state index in [1.54, 1.807) is 6.08 Å². The van der Waals surface area contributed by atoms with Gasteiger partial charge in [0.15, 0.2) is 0 Å². The number of hydrogen-bond acceptors (Lipinski definition) is 1. The third kappa shape index (κ3) is 3.41. The molecule has 0 aliphatic heterocycles. The lowest BCUT2D eigenvalue weighted by Gasteiger charge is -2.46. The van der Waals surface area contributed by atoms with Crippen molar-refractivity contribution in [3.8, 4) is 0 Å². The van der Waals surface area contributed by atoms with Crippen LogP contribution in [-0.4, -0.2) is 11.1 Å². The second kappa shape index (κ2) is 6.43. The largest absolute Gasteiger partial charge is 0.478 e. The molecule has 1 N–H and O–H groups in total. The molecule has 0 aromatic heterocycles. The SMILES string of the molecule is CC1CC(C)C2C(C=CC(C)C2/C=C/C=C/C(=O)O)C1. The number of fused-ring (bicyclic) bond motifs is 1. The molecule has 0 aromatic carbocycles. The Morgan fingerprint density at radius 2 is 1.90 bits per heavy atom. The van der Waals surface area contributed by atoms with Crippen molar-refractivity contribution in [3.63, 3.8) is 0 Å². The van der Waals surface area contributed by atoms with Crippen LogP contribution in [0.15, 0.2) is 36.5 Å². The number of carbonyl (C=O) groups is 1. The molecule has 2 aliphatic carbocycles. The zero-order chi connectivity index (χ0) is 14.7. The lowest BCUT2D eigenvalue weighted by Crippen LogP contribution is -2.38. The summed E-state index contributed by atoms with van der Waals surface area (Å²) in [5, 5.41) is 8.63. The molecule has 0 aromatic rings. The summed E-state index contributed by atoms with van der Waals surface area (Å²) in [6.07, 6.45) is 14.4. The molecule has 2 nitrogen and oxygen atoms in total. The maximum absolute atomic E-state index is 10.5. The summed E-state index contributed by atoms with van der Waals surface area (Å²) in [4.78, 5) is 10.5. The Kier molecular flexibility index (Phi) is 4.85. The summed E-state index contributed by atoms with van der Waals surface area (Å²) in [5.74, 6) is 3.16. The fourth-order valence-electron chi connectivity index (χ4n) is 4.23. The molecule has 2 rings (SSSR count). The fourth-order valence-corrected chi connectivity index (χ4v) is 4.23. The third-order valence-electron chi connectivity index (χ3n) is 5.00. The van der Waals surface area contributed by atoms with Gasteiger partial charge in [-0.3, -0.25) is 0 Å². The molecule has 2 aliphatic rings. The van der Waals surface area contributed by atoms with Crippen LogP contribution < -0.4 is 0 Å². The molecule has 2 heteroatoms. The number of hydrogen-bond donors (Lipinski definition) is 1. The minimum Gasteiger partial charge on any atom is -0.478 e. The smallest absolute Gasteiger partial charge is 0.328 e. The predicted molar refractivity (Wildman–Crippen MR) is 82.3 cm³/mol. The maximum Gasteiger partial charge on any atom is 0.328 e. The molecule has 0 amide bonds. The van der Waals surface area contributed by atoms with Gasteiger partial charge in [0.05, 0.1) is 0 Å². The highest BCUT2D eigenvalue weighted by Gasteiger charge is 2.40. The molecule has 0 spiro atoms. The van der Waals surface area contributed by atoms with Crippen LogP contribution in [0, 0.1) is 35.5 Å². The summed E-state index contributed by atoms with van der Waals surface area (Å²) >= 11 is 0. The van der Waals surface area contributed by atoms with Gasteiger partial charge in [0.25, 0.3) is 0 Å². The normalized spacial score (nSPS) is 41.1. The number of aliphatic carboxylic acids is 1. The second-order valence-electron chi connectivity index (χ2n) is 6.70. The summed E-state index contributed by atoms with van der Waals surface area (Å²) in [7, 11) is 0. The Morgan fingerprint density at radius 1 is 1.15 bits per heavy atom. The lowest BCUT2D eigenvalue weighted by atomic mass is 9.59. The van der Waals surface area contributed by atoms with Crippen LogP contribution in [0.1, 0.15) is 33.6 Å². The first kappa shape index (κ1) is 15.1. The number of carboxylic acid groups (broad SMARTS) is 1. The zero-order valence-electron chi connectivity index (χ0n) is 12.7. The van der Waals surface area contributed by atoms with E-state index in [1.165, 1.54) is 18.9 Å². The molecule has 1 fully saturated rings. The Morgan fingerprint density at radius 3 is 2.60 bits per heavy atom. The highest BCUT2D eigenvalue weighted by Crippen LogP contribution is 2.48. The lowest BCUT2D eigenvalue weighted by molar-refractivity contribution is -0.131. The van der Waals surface area contributed by atoms with Gasteiger partial charge in [-0.1, -0.05) is 51.2 Å². The maximum atomic E-state index is 10.5. The Balaban J connectivity index is 2.14. The van der Waals surface area contributed by atoms with E-state index < -0.39 is 5.97 Å². The van der Waals surface area contributed by atoms with Crippen molar-refractivity contribution in [3.05, 3.63) is 36.5 Å².